The quantitative estimate of drug-likeness (QED) is 0.500. The lowest BCUT2D eigenvalue weighted by atomic mass is 10.1. The van der Waals surface area contributed by atoms with Crippen LogP contribution in [-0.4, -0.2) is 23.8 Å². The second kappa shape index (κ2) is 8.05. The number of aliphatic hydroxyl groups is 1. The van der Waals surface area contributed by atoms with E-state index in [4.69, 9.17) is 4.74 Å². The van der Waals surface area contributed by atoms with Crippen LogP contribution >= 0.6 is 22.6 Å². The lowest BCUT2D eigenvalue weighted by molar-refractivity contribution is -0.139. The average Bonchev–Trinajstić information content (AvgIpc) is 2.39. The van der Waals surface area contributed by atoms with Gasteiger partial charge in [0.25, 0.3) is 0 Å². The molecule has 0 aromatic heterocycles. The van der Waals surface area contributed by atoms with Crippen molar-refractivity contribution in [2.24, 2.45) is 0 Å². The summed E-state index contributed by atoms with van der Waals surface area (Å²) in [6.07, 6.45) is 2.38. The molecule has 0 aliphatic rings. The fourth-order valence-corrected chi connectivity index (χ4v) is 1.94. The molecule has 3 nitrogen and oxygen atoms in total. The van der Waals surface area contributed by atoms with Crippen LogP contribution in [0, 0.1) is 0 Å². The van der Waals surface area contributed by atoms with E-state index in [1.165, 1.54) is 4.08 Å². The highest BCUT2D eigenvalue weighted by atomic mass is 127. The minimum absolute atomic E-state index is 0.240. The molecule has 0 fully saturated rings. The Bertz CT molecular complexity index is 438. The predicted molar refractivity (Wildman–Crippen MR) is 80.2 cm³/mol. The van der Waals surface area contributed by atoms with Crippen LogP contribution in [0.3, 0.4) is 0 Å². The van der Waals surface area contributed by atoms with Crippen LogP contribution in [0.15, 0.2) is 46.1 Å². The number of carbonyl (C=O) groups is 1. The summed E-state index contributed by atoms with van der Waals surface area (Å²) in [4.78, 5) is 11.5. The maximum absolute atomic E-state index is 11.5. The van der Waals surface area contributed by atoms with Crippen molar-refractivity contribution in [2.75, 3.05) is 6.61 Å². The van der Waals surface area contributed by atoms with Gasteiger partial charge in [0.1, 0.15) is 6.10 Å². The first-order valence-corrected chi connectivity index (χ1v) is 6.82. The molecular weight excluding hydrogens is 343 g/mol. The van der Waals surface area contributed by atoms with Gasteiger partial charge < -0.3 is 9.84 Å². The number of aliphatic hydroxyl groups excluding tert-OH is 1. The largest absolute Gasteiger partial charge is 0.463 e. The zero-order valence-electron chi connectivity index (χ0n) is 10.0. The molecule has 0 spiro atoms. The van der Waals surface area contributed by atoms with Gasteiger partial charge in [0.15, 0.2) is 0 Å². The Hall–Kier alpha value is -1.14. The highest BCUT2D eigenvalue weighted by molar-refractivity contribution is 14.1. The third kappa shape index (κ3) is 4.62. The molecule has 1 N–H and O–H groups in total. The van der Waals surface area contributed by atoms with E-state index in [-0.39, 0.29) is 5.57 Å². The van der Waals surface area contributed by atoms with Gasteiger partial charge in [-0.3, -0.25) is 0 Å². The highest BCUT2D eigenvalue weighted by Crippen LogP contribution is 2.12. The van der Waals surface area contributed by atoms with E-state index in [0.29, 0.717) is 6.61 Å². The Morgan fingerprint density at radius 2 is 2.11 bits per heavy atom. The van der Waals surface area contributed by atoms with Gasteiger partial charge in [-0.25, -0.2) is 4.79 Å². The summed E-state index contributed by atoms with van der Waals surface area (Å²) in [5.74, 6) is -0.489. The summed E-state index contributed by atoms with van der Waals surface area (Å²) in [6, 6.07) is 9.57. The molecule has 0 amide bonds. The van der Waals surface area contributed by atoms with Crippen molar-refractivity contribution in [3.63, 3.8) is 0 Å². The number of hydrogen-bond acceptors (Lipinski definition) is 3. The van der Waals surface area contributed by atoms with Gasteiger partial charge in [-0.1, -0.05) is 65.1 Å². The molecule has 1 unspecified atom stereocenters. The fraction of sp³-hybridized carbons (Fsp3) is 0.214. The monoisotopic (exact) mass is 358 g/mol. The van der Waals surface area contributed by atoms with Crippen LogP contribution in [0.25, 0.3) is 6.08 Å². The smallest absolute Gasteiger partial charge is 0.337 e. The van der Waals surface area contributed by atoms with Crippen molar-refractivity contribution < 1.29 is 14.6 Å². The van der Waals surface area contributed by atoms with E-state index in [9.17, 15) is 9.90 Å². The normalized spacial score (nSPS) is 13.6. The third-order valence-corrected chi connectivity index (χ3v) is 2.89. The number of esters is 1. The number of ether oxygens (including phenoxy) is 1. The SMILES string of the molecule is CCOC(=O)/C(=C\I)C(O)/C=C/c1ccccc1. The number of hydrogen-bond donors (Lipinski definition) is 1. The van der Waals surface area contributed by atoms with Gasteiger partial charge >= 0.3 is 5.97 Å². The first-order chi connectivity index (χ1) is 8.69. The Morgan fingerprint density at radius 3 is 2.67 bits per heavy atom. The van der Waals surface area contributed by atoms with E-state index >= 15 is 0 Å². The Labute approximate surface area is 120 Å². The molecule has 0 heterocycles. The predicted octanol–water partition coefficient (Wildman–Crippen LogP) is 2.94. The summed E-state index contributed by atoms with van der Waals surface area (Å²) < 4.78 is 6.40. The summed E-state index contributed by atoms with van der Waals surface area (Å²) in [7, 11) is 0. The van der Waals surface area contributed by atoms with Crippen molar-refractivity contribution >= 4 is 34.6 Å². The molecule has 1 aromatic rings. The first kappa shape index (κ1) is 14.9. The average molecular weight is 358 g/mol. The van der Waals surface area contributed by atoms with Crippen LogP contribution < -0.4 is 0 Å². The zero-order chi connectivity index (χ0) is 13.4. The van der Waals surface area contributed by atoms with E-state index < -0.39 is 12.1 Å². The van der Waals surface area contributed by atoms with Gasteiger partial charge in [0.2, 0.25) is 0 Å². The Kier molecular flexibility index (Phi) is 6.67. The van der Waals surface area contributed by atoms with E-state index in [1.807, 2.05) is 52.9 Å². The number of benzene rings is 1. The standard InChI is InChI=1S/C14H15IO3/c1-2-18-14(17)12(10-15)13(16)9-8-11-6-4-3-5-7-11/h3-10,13,16H,2H2,1H3/b9-8+,12-10-. The van der Waals surface area contributed by atoms with Crippen LogP contribution in [-0.2, 0) is 9.53 Å². The Morgan fingerprint density at radius 1 is 1.44 bits per heavy atom. The second-order valence-corrected chi connectivity index (χ2v) is 4.12. The minimum Gasteiger partial charge on any atom is -0.463 e. The third-order valence-electron chi connectivity index (χ3n) is 2.22. The van der Waals surface area contributed by atoms with Crippen molar-refractivity contribution in [3.05, 3.63) is 51.6 Å². The van der Waals surface area contributed by atoms with E-state index in [0.717, 1.165) is 5.56 Å². The summed E-state index contributed by atoms with van der Waals surface area (Å²) in [6.45, 7) is 2.02. The second-order valence-electron chi connectivity index (χ2n) is 3.50. The molecule has 0 saturated heterocycles. The highest BCUT2D eigenvalue weighted by Gasteiger charge is 2.16. The summed E-state index contributed by atoms with van der Waals surface area (Å²) >= 11 is 1.92. The molecule has 96 valence electrons. The molecule has 4 heteroatoms. The molecule has 0 bridgehead atoms. The van der Waals surface area contributed by atoms with E-state index in [2.05, 4.69) is 0 Å². The maximum Gasteiger partial charge on any atom is 0.337 e. The summed E-state index contributed by atoms with van der Waals surface area (Å²) in [5.41, 5.74) is 1.21. The van der Waals surface area contributed by atoms with Gasteiger partial charge in [0, 0.05) is 0 Å². The van der Waals surface area contributed by atoms with Crippen LogP contribution in [0.4, 0.5) is 0 Å². The van der Waals surface area contributed by atoms with Gasteiger partial charge in [0.05, 0.1) is 12.2 Å². The van der Waals surface area contributed by atoms with Gasteiger partial charge in [-0.15, -0.1) is 0 Å². The van der Waals surface area contributed by atoms with E-state index in [1.54, 1.807) is 19.1 Å². The molecule has 1 atom stereocenters. The van der Waals surface area contributed by atoms with Crippen molar-refractivity contribution in [1.29, 1.82) is 0 Å². The number of rotatable bonds is 5. The molecule has 0 aliphatic heterocycles. The molecular formula is C14H15IO3. The maximum atomic E-state index is 11.5. The van der Waals surface area contributed by atoms with Crippen molar-refractivity contribution in [3.8, 4) is 0 Å². The zero-order valence-corrected chi connectivity index (χ0v) is 12.2. The van der Waals surface area contributed by atoms with Crippen LogP contribution in [0.5, 0.6) is 0 Å². The molecule has 1 aromatic carbocycles. The lowest BCUT2D eigenvalue weighted by Gasteiger charge is -2.09. The fourth-order valence-electron chi connectivity index (χ4n) is 1.31. The summed E-state index contributed by atoms with van der Waals surface area (Å²) in [5, 5.41) is 9.91. The topological polar surface area (TPSA) is 46.5 Å². The van der Waals surface area contributed by atoms with Crippen LogP contribution in [0.1, 0.15) is 12.5 Å². The number of halogens is 1. The first-order valence-electron chi connectivity index (χ1n) is 5.57. The molecule has 0 saturated carbocycles. The molecule has 0 aliphatic carbocycles. The number of carbonyl (C=O) groups excluding carboxylic acids is 1. The minimum atomic E-state index is -0.957. The van der Waals surface area contributed by atoms with Gasteiger partial charge in [-0.2, -0.15) is 0 Å². The van der Waals surface area contributed by atoms with Crippen molar-refractivity contribution in [1.82, 2.24) is 0 Å². The molecule has 18 heavy (non-hydrogen) atoms. The van der Waals surface area contributed by atoms with Crippen molar-refractivity contribution in [2.45, 2.75) is 13.0 Å². The van der Waals surface area contributed by atoms with Crippen LogP contribution in [0.2, 0.25) is 0 Å². The molecule has 1 rings (SSSR count). The Balaban J connectivity index is 2.72. The van der Waals surface area contributed by atoms with Gasteiger partial charge in [-0.05, 0) is 16.6 Å². The molecule has 0 radical (unpaired) electrons. The lowest BCUT2D eigenvalue weighted by Crippen LogP contribution is -2.18.